The Kier molecular flexibility index (Phi) is 4.11. The number of aromatic nitrogens is 2. The van der Waals surface area contributed by atoms with Crippen LogP contribution in [0.15, 0.2) is 29.1 Å². The molecule has 1 aromatic carbocycles. The van der Waals surface area contributed by atoms with Crippen LogP contribution in [0.2, 0.25) is 0 Å². The number of carbonyl (C=O) groups excluding carboxylic acids is 1. The minimum atomic E-state index is -0.327. The number of thiazole rings is 1. The first-order chi connectivity index (χ1) is 12.5. The van der Waals surface area contributed by atoms with Gasteiger partial charge in [0.05, 0.1) is 5.69 Å². The van der Waals surface area contributed by atoms with Crippen molar-refractivity contribution in [1.29, 1.82) is 0 Å². The van der Waals surface area contributed by atoms with Crippen LogP contribution in [0, 0.1) is 12.7 Å². The second-order valence-corrected chi connectivity index (χ2v) is 7.74. The van der Waals surface area contributed by atoms with Gasteiger partial charge in [-0.3, -0.25) is 9.59 Å². The van der Waals surface area contributed by atoms with E-state index in [-0.39, 0.29) is 23.7 Å². The fourth-order valence-electron chi connectivity index (χ4n) is 3.23. The van der Waals surface area contributed by atoms with Crippen molar-refractivity contribution in [3.8, 4) is 0 Å². The Balaban J connectivity index is 1.76. The largest absolute Gasteiger partial charge is 0.354 e. The lowest BCUT2D eigenvalue weighted by molar-refractivity contribution is 0.0956. The summed E-state index contributed by atoms with van der Waals surface area (Å²) in [6.07, 6.45) is 2.32. The van der Waals surface area contributed by atoms with Gasteiger partial charge in [0.2, 0.25) is 0 Å². The summed E-state index contributed by atoms with van der Waals surface area (Å²) in [7, 11) is 1.52. The van der Waals surface area contributed by atoms with Crippen LogP contribution in [0.3, 0.4) is 0 Å². The molecule has 2 aromatic heterocycles. The zero-order chi connectivity index (χ0) is 18.4. The van der Waals surface area contributed by atoms with Crippen LogP contribution in [0.4, 0.5) is 4.39 Å². The van der Waals surface area contributed by atoms with Crippen molar-refractivity contribution in [3.63, 3.8) is 0 Å². The summed E-state index contributed by atoms with van der Waals surface area (Å²) in [5, 5.41) is 2.54. The molecule has 0 spiro atoms. The predicted octanol–water partition coefficient (Wildman–Crippen LogP) is 3.03. The van der Waals surface area contributed by atoms with E-state index in [1.165, 1.54) is 28.9 Å². The van der Waals surface area contributed by atoms with Gasteiger partial charge in [0.25, 0.3) is 11.5 Å². The summed E-state index contributed by atoms with van der Waals surface area (Å²) in [6, 6.07) is 6.81. The van der Waals surface area contributed by atoms with E-state index >= 15 is 0 Å². The number of benzene rings is 1. The van der Waals surface area contributed by atoms with Crippen molar-refractivity contribution < 1.29 is 9.18 Å². The first kappa shape index (κ1) is 16.9. The molecule has 1 amide bonds. The van der Waals surface area contributed by atoms with Gasteiger partial charge in [0.15, 0.2) is 4.96 Å². The van der Waals surface area contributed by atoms with Crippen molar-refractivity contribution in [2.45, 2.75) is 32.1 Å². The number of amides is 1. The summed E-state index contributed by atoms with van der Waals surface area (Å²) in [5.74, 6) is -0.190. The molecule has 134 valence electrons. The molecule has 1 N–H and O–H groups in total. The molecule has 0 saturated heterocycles. The summed E-state index contributed by atoms with van der Waals surface area (Å²) >= 11 is 1.28. The maximum Gasteiger partial charge on any atom is 0.269 e. The van der Waals surface area contributed by atoms with Crippen LogP contribution in [0.1, 0.15) is 50.9 Å². The third-order valence-corrected chi connectivity index (χ3v) is 5.64. The number of fused-ring (bicyclic) bond motifs is 1. The number of nitrogens with one attached hydrogen (secondary N) is 1. The quantitative estimate of drug-likeness (QED) is 0.767. The van der Waals surface area contributed by atoms with Crippen molar-refractivity contribution in [1.82, 2.24) is 14.7 Å². The molecule has 0 aliphatic heterocycles. The smallest absolute Gasteiger partial charge is 0.269 e. The SMILES string of the molecule is CNC(=O)c1c(C)sc2nc(Cc3cccc(C4CC4)c3F)cc(=O)n12. The summed E-state index contributed by atoms with van der Waals surface area (Å²) in [4.78, 5) is 30.3. The molecular formula is C19H18FN3O2S. The monoisotopic (exact) mass is 371 g/mol. The molecule has 4 rings (SSSR count). The summed E-state index contributed by atoms with van der Waals surface area (Å²) in [6.45, 7) is 1.78. The van der Waals surface area contributed by atoms with E-state index in [2.05, 4.69) is 10.3 Å². The molecule has 26 heavy (non-hydrogen) atoms. The molecule has 3 aromatic rings. The molecule has 7 heteroatoms. The van der Waals surface area contributed by atoms with E-state index in [0.717, 1.165) is 18.4 Å². The van der Waals surface area contributed by atoms with Crippen molar-refractivity contribution in [3.05, 3.63) is 67.8 Å². The molecule has 1 aliphatic carbocycles. The number of rotatable bonds is 4. The van der Waals surface area contributed by atoms with Gasteiger partial charge in [-0.1, -0.05) is 18.2 Å². The Hall–Kier alpha value is -2.54. The van der Waals surface area contributed by atoms with Crippen LogP contribution in [0.5, 0.6) is 0 Å². The van der Waals surface area contributed by atoms with Gasteiger partial charge in [-0.2, -0.15) is 0 Å². The van der Waals surface area contributed by atoms with Gasteiger partial charge in [-0.25, -0.2) is 13.8 Å². The first-order valence-electron chi connectivity index (χ1n) is 8.51. The van der Waals surface area contributed by atoms with Crippen molar-refractivity contribution in [2.24, 2.45) is 0 Å². The van der Waals surface area contributed by atoms with Gasteiger partial charge in [0, 0.05) is 24.4 Å². The third-order valence-electron chi connectivity index (χ3n) is 4.68. The maximum atomic E-state index is 14.7. The van der Waals surface area contributed by atoms with Gasteiger partial charge in [-0.15, -0.1) is 11.3 Å². The molecule has 2 heterocycles. The number of hydrogen-bond donors (Lipinski definition) is 1. The predicted molar refractivity (Wildman–Crippen MR) is 98.6 cm³/mol. The summed E-state index contributed by atoms with van der Waals surface area (Å²) in [5.41, 5.74) is 1.79. The highest BCUT2D eigenvalue weighted by Crippen LogP contribution is 2.41. The van der Waals surface area contributed by atoms with E-state index in [0.29, 0.717) is 32.7 Å². The number of hydrogen-bond acceptors (Lipinski definition) is 4. The fourth-order valence-corrected chi connectivity index (χ4v) is 4.22. The Morgan fingerprint density at radius 3 is 2.88 bits per heavy atom. The van der Waals surface area contributed by atoms with E-state index in [4.69, 9.17) is 0 Å². The maximum absolute atomic E-state index is 14.7. The molecule has 0 unspecified atom stereocenters. The molecule has 5 nitrogen and oxygen atoms in total. The van der Waals surface area contributed by atoms with Crippen LogP contribution >= 0.6 is 11.3 Å². The fraction of sp³-hybridized carbons (Fsp3) is 0.316. The number of nitrogens with zero attached hydrogens (tertiary/aromatic N) is 2. The Labute approximate surface area is 153 Å². The zero-order valence-corrected chi connectivity index (χ0v) is 15.3. The molecule has 0 radical (unpaired) electrons. The highest BCUT2D eigenvalue weighted by atomic mass is 32.1. The van der Waals surface area contributed by atoms with Crippen molar-refractivity contribution in [2.75, 3.05) is 7.05 Å². The highest BCUT2D eigenvalue weighted by molar-refractivity contribution is 7.17. The molecule has 0 atom stereocenters. The minimum Gasteiger partial charge on any atom is -0.354 e. The lowest BCUT2D eigenvalue weighted by Gasteiger charge is -2.08. The topological polar surface area (TPSA) is 63.5 Å². The Bertz CT molecular complexity index is 1080. The molecule has 1 saturated carbocycles. The first-order valence-corrected chi connectivity index (χ1v) is 9.32. The van der Waals surface area contributed by atoms with E-state index in [1.54, 1.807) is 13.0 Å². The van der Waals surface area contributed by atoms with Crippen LogP contribution in [-0.2, 0) is 6.42 Å². The second kappa shape index (κ2) is 6.32. The normalized spacial score (nSPS) is 14.0. The standard InChI is InChI=1S/C19H18FN3O2S/c1-10-17(18(25)21-2)23-15(24)9-13(22-19(23)26-10)8-12-4-3-5-14(16(12)20)11-6-7-11/h3-5,9,11H,6-8H2,1-2H3,(H,21,25). The van der Waals surface area contributed by atoms with Crippen LogP contribution in [-0.4, -0.2) is 22.3 Å². The number of halogens is 1. The van der Waals surface area contributed by atoms with Gasteiger partial charge < -0.3 is 5.32 Å². The van der Waals surface area contributed by atoms with Gasteiger partial charge in [0.1, 0.15) is 11.5 Å². The van der Waals surface area contributed by atoms with Crippen LogP contribution in [0.25, 0.3) is 4.96 Å². The van der Waals surface area contributed by atoms with E-state index < -0.39 is 0 Å². The lowest BCUT2D eigenvalue weighted by atomic mass is 10.0. The molecule has 0 bridgehead atoms. The molecule has 1 fully saturated rings. The van der Waals surface area contributed by atoms with Gasteiger partial charge in [-0.05, 0) is 36.8 Å². The summed E-state index contributed by atoms with van der Waals surface area (Å²) < 4.78 is 16.0. The average molecular weight is 371 g/mol. The van der Waals surface area contributed by atoms with Gasteiger partial charge >= 0.3 is 0 Å². The second-order valence-electron chi connectivity index (χ2n) is 6.56. The third kappa shape index (κ3) is 2.82. The zero-order valence-electron chi connectivity index (χ0n) is 14.5. The number of aryl methyl sites for hydroxylation is 1. The van der Waals surface area contributed by atoms with E-state index in [1.807, 2.05) is 12.1 Å². The number of carbonyl (C=O) groups is 1. The van der Waals surface area contributed by atoms with Crippen LogP contribution < -0.4 is 10.9 Å². The lowest BCUT2D eigenvalue weighted by Crippen LogP contribution is -2.25. The Morgan fingerprint density at radius 1 is 1.42 bits per heavy atom. The highest BCUT2D eigenvalue weighted by Gasteiger charge is 2.27. The molecular weight excluding hydrogens is 353 g/mol. The Morgan fingerprint density at radius 2 is 2.19 bits per heavy atom. The van der Waals surface area contributed by atoms with Crippen molar-refractivity contribution >= 4 is 22.2 Å². The minimum absolute atomic E-state index is 0.189. The molecule has 1 aliphatic rings. The van der Waals surface area contributed by atoms with E-state index in [9.17, 15) is 14.0 Å². The average Bonchev–Trinajstić information content (AvgIpc) is 3.38.